The van der Waals surface area contributed by atoms with Crippen LogP contribution in [0.25, 0.3) is 0 Å². The maximum absolute atomic E-state index is 6.33. The first kappa shape index (κ1) is 20.5. The third-order valence-corrected chi connectivity index (χ3v) is 4.45. The number of hydrogen-bond donors (Lipinski definition) is 2. The minimum atomic E-state index is 0.628. The van der Waals surface area contributed by atoms with E-state index in [-0.39, 0.29) is 0 Å². The minimum Gasteiger partial charge on any atom is -0.492 e. The predicted octanol–water partition coefficient (Wildman–Crippen LogP) is 5.68. The fraction of sp³-hybridized carbons (Fsp3) is 0.381. The molecule has 0 aliphatic rings. The quantitative estimate of drug-likeness (QED) is 0.426. The topological polar surface area (TPSA) is 33.3 Å². The highest BCUT2D eigenvalue weighted by Crippen LogP contribution is 2.26. The van der Waals surface area contributed by atoms with Crippen LogP contribution in [-0.4, -0.2) is 18.3 Å². The van der Waals surface area contributed by atoms with Crippen LogP contribution in [0.5, 0.6) is 5.75 Å². The molecule has 0 saturated carbocycles. The minimum absolute atomic E-state index is 0.628. The first-order valence-corrected chi connectivity index (χ1v) is 9.84. The van der Waals surface area contributed by atoms with Crippen LogP contribution in [-0.2, 0) is 6.42 Å². The monoisotopic (exact) mass is 390 g/mol. The van der Waals surface area contributed by atoms with E-state index in [1.54, 1.807) is 0 Å². The molecular formula is C21H27ClN2OS. The summed E-state index contributed by atoms with van der Waals surface area (Å²) in [6.07, 6.45) is 2.94. The van der Waals surface area contributed by atoms with E-state index in [4.69, 9.17) is 28.6 Å². The van der Waals surface area contributed by atoms with Crippen molar-refractivity contribution in [2.24, 2.45) is 5.92 Å². The van der Waals surface area contributed by atoms with Gasteiger partial charge in [-0.15, -0.1) is 0 Å². The van der Waals surface area contributed by atoms with E-state index in [1.807, 2.05) is 42.5 Å². The van der Waals surface area contributed by atoms with Gasteiger partial charge in [-0.2, -0.15) is 0 Å². The molecule has 5 heteroatoms. The summed E-state index contributed by atoms with van der Waals surface area (Å²) in [4.78, 5) is 0. The number of halogens is 1. The normalized spacial score (nSPS) is 10.6. The van der Waals surface area contributed by atoms with Crippen LogP contribution < -0.4 is 15.4 Å². The molecule has 2 aromatic carbocycles. The Bertz CT molecular complexity index is 692. The first-order valence-electron chi connectivity index (χ1n) is 9.05. The van der Waals surface area contributed by atoms with Gasteiger partial charge in [0, 0.05) is 12.2 Å². The summed E-state index contributed by atoms with van der Waals surface area (Å²) >= 11 is 11.6. The van der Waals surface area contributed by atoms with Crippen LogP contribution in [0, 0.1) is 5.92 Å². The van der Waals surface area contributed by atoms with Crippen molar-refractivity contribution in [1.82, 2.24) is 5.32 Å². The molecule has 0 saturated heterocycles. The number of para-hydroxylation sites is 1. The Kier molecular flexibility index (Phi) is 8.72. The van der Waals surface area contributed by atoms with E-state index in [0.29, 0.717) is 22.7 Å². The molecule has 2 rings (SSSR count). The zero-order chi connectivity index (χ0) is 18.8. The van der Waals surface area contributed by atoms with Gasteiger partial charge in [0.2, 0.25) is 0 Å². The van der Waals surface area contributed by atoms with Crippen LogP contribution in [0.4, 0.5) is 5.69 Å². The van der Waals surface area contributed by atoms with Gasteiger partial charge in [0.05, 0.1) is 11.6 Å². The molecule has 3 nitrogen and oxygen atoms in total. The van der Waals surface area contributed by atoms with Gasteiger partial charge in [-0.05, 0) is 67.2 Å². The lowest BCUT2D eigenvalue weighted by atomic mass is 10.1. The molecule has 0 radical (unpaired) electrons. The van der Waals surface area contributed by atoms with Crippen molar-refractivity contribution in [2.45, 2.75) is 33.1 Å². The number of hydrogen-bond acceptors (Lipinski definition) is 2. The number of aryl methyl sites for hydroxylation is 1. The second-order valence-corrected chi connectivity index (χ2v) is 7.46. The summed E-state index contributed by atoms with van der Waals surface area (Å²) in [6, 6.07) is 15.9. The van der Waals surface area contributed by atoms with E-state index in [9.17, 15) is 0 Å². The number of thiocarbonyl (C=S) groups is 1. The first-order chi connectivity index (χ1) is 12.5. The lowest BCUT2D eigenvalue weighted by Gasteiger charge is -2.12. The maximum Gasteiger partial charge on any atom is 0.170 e. The Morgan fingerprint density at radius 2 is 1.92 bits per heavy atom. The standard InChI is InChI=1S/C21H27ClN2OS/c1-16(2)12-14-25-20-11-10-17(15-19(20)22)7-6-13-23-21(26)24-18-8-4-3-5-9-18/h3-5,8-11,15-16H,6-7,12-14H2,1-2H3,(H2,23,24,26). The molecule has 2 N–H and O–H groups in total. The smallest absolute Gasteiger partial charge is 0.170 e. The van der Waals surface area contributed by atoms with Crippen LogP contribution in [0.15, 0.2) is 48.5 Å². The van der Waals surface area contributed by atoms with E-state index < -0.39 is 0 Å². The summed E-state index contributed by atoms with van der Waals surface area (Å²) in [6.45, 7) is 5.88. The highest BCUT2D eigenvalue weighted by Gasteiger charge is 2.04. The fourth-order valence-corrected chi connectivity index (χ4v) is 2.89. The van der Waals surface area contributed by atoms with Gasteiger partial charge in [0.1, 0.15) is 5.75 Å². The molecular weight excluding hydrogens is 364 g/mol. The Morgan fingerprint density at radius 1 is 1.15 bits per heavy atom. The van der Waals surface area contributed by atoms with Gasteiger partial charge in [0.15, 0.2) is 5.11 Å². The number of rotatable bonds is 9. The Balaban J connectivity index is 1.69. The van der Waals surface area contributed by atoms with Crippen molar-refractivity contribution in [2.75, 3.05) is 18.5 Å². The van der Waals surface area contributed by atoms with Crippen molar-refractivity contribution in [1.29, 1.82) is 0 Å². The van der Waals surface area contributed by atoms with Crippen molar-refractivity contribution in [3.8, 4) is 5.75 Å². The van der Waals surface area contributed by atoms with Crippen molar-refractivity contribution in [3.63, 3.8) is 0 Å². The molecule has 0 unspecified atom stereocenters. The van der Waals surface area contributed by atoms with Gasteiger partial charge >= 0.3 is 0 Å². The van der Waals surface area contributed by atoms with Crippen molar-refractivity contribution >= 4 is 34.6 Å². The highest BCUT2D eigenvalue weighted by atomic mass is 35.5. The van der Waals surface area contributed by atoms with Crippen LogP contribution in [0.2, 0.25) is 5.02 Å². The van der Waals surface area contributed by atoms with Gasteiger partial charge in [0.25, 0.3) is 0 Å². The van der Waals surface area contributed by atoms with Crippen molar-refractivity contribution < 1.29 is 4.74 Å². The van der Waals surface area contributed by atoms with Crippen molar-refractivity contribution in [3.05, 3.63) is 59.1 Å². The lowest BCUT2D eigenvalue weighted by molar-refractivity contribution is 0.289. The SMILES string of the molecule is CC(C)CCOc1ccc(CCCNC(=S)Nc2ccccc2)cc1Cl. The highest BCUT2D eigenvalue weighted by molar-refractivity contribution is 7.80. The number of nitrogens with one attached hydrogen (secondary N) is 2. The zero-order valence-electron chi connectivity index (χ0n) is 15.4. The predicted molar refractivity (Wildman–Crippen MR) is 115 cm³/mol. The number of benzene rings is 2. The van der Waals surface area contributed by atoms with E-state index in [0.717, 1.165) is 37.2 Å². The molecule has 0 bridgehead atoms. The molecule has 0 aromatic heterocycles. The van der Waals surface area contributed by atoms with E-state index in [2.05, 4.69) is 30.5 Å². The third-order valence-electron chi connectivity index (χ3n) is 3.91. The Morgan fingerprint density at radius 3 is 2.62 bits per heavy atom. The lowest BCUT2D eigenvalue weighted by Crippen LogP contribution is -2.29. The average Bonchev–Trinajstić information content (AvgIpc) is 2.61. The molecule has 0 spiro atoms. The molecule has 0 amide bonds. The Labute approximate surface area is 167 Å². The van der Waals surface area contributed by atoms with Gasteiger partial charge in [-0.3, -0.25) is 0 Å². The third kappa shape index (κ3) is 7.63. The molecule has 0 aliphatic carbocycles. The molecule has 2 aromatic rings. The van der Waals surface area contributed by atoms with Crippen LogP contribution in [0.3, 0.4) is 0 Å². The van der Waals surface area contributed by atoms with Gasteiger partial charge in [-0.1, -0.05) is 49.7 Å². The largest absolute Gasteiger partial charge is 0.492 e. The van der Waals surface area contributed by atoms with E-state index in [1.165, 1.54) is 5.56 Å². The molecule has 0 fully saturated rings. The fourth-order valence-electron chi connectivity index (χ4n) is 2.41. The second kappa shape index (κ2) is 11.0. The summed E-state index contributed by atoms with van der Waals surface area (Å²) in [7, 11) is 0. The van der Waals surface area contributed by atoms with E-state index >= 15 is 0 Å². The summed E-state index contributed by atoms with van der Waals surface area (Å²) in [5.41, 5.74) is 2.19. The molecule has 0 heterocycles. The maximum atomic E-state index is 6.33. The van der Waals surface area contributed by atoms with Gasteiger partial charge in [-0.25, -0.2) is 0 Å². The summed E-state index contributed by atoms with van der Waals surface area (Å²) in [5.74, 6) is 1.39. The van der Waals surface area contributed by atoms with Crippen LogP contribution >= 0.6 is 23.8 Å². The molecule has 0 aliphatic heterocycles. The Hall–Kier alpha value is -1.78. The molecule has 0 atom stereocenters. The molecule has 140 valence electrons. The summed E-state index contributed by atoms with van der Waals surface area (Å²) in [5, 5.41) is 7.72. The zero-order valence-corrected chi connectivity index (χ0v) is 17.0. The van der Waals surface area contributed by atoms with Crippen LogP contribution in [0.1, 0.15) is 32.3 Å². The average molecular weight is 391 g/mol. The summed E-state index contributed by atoms with van der Waals surface area (Å²) < 4.78 is 5.75. The number of ether oxygens (including phenoxy) is 1. The van der Waals surface area contributed by atoms with Gasteiger partial charge < -0.3 is 15.4 Å². The number of anilines is 1. The second-order valence-electron chi connectivity index (χ2n) is 6.65. The molecule has 26 heavy (non-hydrogen) atoms.